The first-order chi connectivity index (χ1) is 9.86. The molecule has 0 bridgehead atoms. The summed E-state index contributed by atoms with van der Waals surface area (Å²) in [5.74, 6) is 0.564. The van der Waals surface area contributed by atoms with Crippen LogP contribution in [0, 0.1) is 0 Å². The number of hydrogen-bond acceptors (Lipinski definition) is 5. The highest BCUT2D eigenvalue weighted by atomic mass is 32.2. The Balaban J connectivity index is 2.00. The van der Waals surface area contributed by atoms with E-state index in [4.69, 9.17) is 14.8 Å². The summed E-state index contributed by atoms with van der Waals surface area (Å²) in [4.78, 5) is 0.246. The third kappa shape index (κ3) is 4.32. The fraction of sp³-hybridized carbons (Fsp3) is 0.143. The molecule has 0 saturated carbocycles. The number of rotatable bonds is 5. The summed E-state index contributed by atoms with van der Waals surface area (Å²) >= 11 is 0. The monoisotopic (exact) mass is 306 g/mol. The van der Waals surface area contributed by atoms with Crippen LogP contribution in [-0.4, -0.2) is 31.8 Å². The molecule has 0 unspecified atom stereocenters. The van der Waals surface area contributed by atoms with Gasteiger partial charge in [-0.3, -0.25) is 0 Å². The summed E-state index contributed by atoms with van der Waals surface area (Å²) in [6, 6.07) is 12.9. The van der Waals surface area contributed by atoms with Gasteiger partial charge < -0.3 is 14.8 Å². The number of sulfone groups is 1. The van der Waals surface area contributed by atoms with Gasteiger partial charge in [0.1, 0.15) is 12.4 Å². The molecule has 0 saturated heterocycles. The van der Waals surface area contributed by atoms with Gasteiger partial charge in [-0.2, -0.15) is 0 Å². The molecule has 0 aliphatic carbocycles. The van der Waals surface area contributed by atoms with Crippen molar-refractivity contribution in [1.82, 2.24) is 0 Å². The van der Waals surface area contributed by atoms with Crippen LogP contribution in [0.2, 0.25) is 0 Å². The average molecular weight is 306 g/mol. The molecule has 21 heavy (non-hydrogen) atoms. The molecule has 5 nitrogen and oxygen atoms in total. The van der Waals surface area contributed by atoms with Crippen LogP contribution < -0.4 is 10.2 Å². The molecule has 2 aromatic rings. The van der Waals surface area contributed by atoms with Gasteiger partial charge >= 0.3 is 7.12 Å². The van der Waals surface area contributed by atoms with Gasteiger partial charge in [0, 0.05) is 6.26 Å². The minimum absolute atomic E-state index is 0.246. The third-order valence-electron chi connectivity index (χ3n) is 2.94. The van der Waals surface area contributed by atoms with Crippen LogP contribution in [0.25, 0.3) is 0 Å². The molecular formula is C14H15BO5S. The highest BCUT2D eigenvalue weighted by molar-refractivity contribution is 7.90. The first-order valence-electron chi connectivity index (χ1n) is 6.24. The van der Waals surface area contributed by atoms with Crippen LogP contribution in [-0.2, 0) is 16.4 Å². The lowest BCUT2D eigenvalue weighted by molar-refractivity contribution is 0.306. The standard InChI is InChI=1S/C14H15BO5S/c1-21(18,19)14-8-6-13(7-9-14)20-10-11-2-4-12(5-3-11)15(16)17/h2-9,16-17H,10H2,1H3. The summed E-state index contributed by atoms with van der Waals surface area (Å²) in [6.07, 6.45) is 1.15. The van der Waals surface area contributed by atoms with E-state index in [1.165, 1.54) is 12.1 Å². The molecule has 0 aliphatic rings. The van der Waals surface area contributed by atoms with E-state index >= 15 is 0 Å². The molecule has 0 radical (unpaired) electrons. The Morgan fingerprint density at radius 1 is 1.00 bits per heavy atom. The van der Waals surface area contributed by atoms with Crippen molar-refractivity contribution in [3.8, 4) is 5.75 Å². The van der Waals surface area contributed by atoms with Crippen LogP contribution in [0.3, 0.4) is 0 Å². The molecule has 0 atom stereocenters. The van der Waals surface area contributed by atoms with Crippen molar-refractivity contribution in [3.05, 3.63) is 54.1 Å². The van der Waals surface area contributed by atoms with E-state index in [9.17, 15) is 8.42 Å². The van der Waals surface area contributed by atoms with Crippen LogP contribution in [0.4, 0.5) is 0 Å². The van der Waals surface area contributed by atoms with Gasteiger partial charge in [0.05, 0.1) is 4.90 Å². The highest BCUT2D eigenvalue weighted by Crippen LogP contribution is 2.17. The fourth-order valence-corrected chi connectivity index (χ4v) is 2.37. The molecule has 110 valence electrons. The maximum Gasteiger partial charge on any atom is 0.488 e. The van der Waals surface area contributed by atoms with E-state index in [1.54, 1.807) is 36.4 Å². The maximum absolute atomic E-state index is 11.3. The second kappa shape index (κ2) is 6.30. The third-order valence-corrected chi connectivity index (χ3v) is 4.06. The zero-order valence-electron chi connectivity index (χ0n) is 11.4. The molecule has 7 heteroatoms. The van der Waals surface area contributed by atoms with Crippen LogP contribution in [0.5, 0.6) is 5.75 Å². The van der Waals surface area contributed by atoms with Crippen molar-refractivity contribution < 1.29 is 23.2 Å². The van der Waals surface area contributed by atoms with Gasteiger partial charge in [-0.25, -0.2) is 8.42 Å². The molecule has 0 fully saturated rings. The first kappa shape index (κ1) is 15.6. The van der Waals surface area contributed by atoms with Crippen LogP contribution in [0.15, 0.2) is 53.4 Å². The maximum atomic E-state index is 11.3. The molecule has 0 aromatic heterocycles. The van der Waals surface area contributed by atoms with Crippen molar-refractivity contribution in [3.63, 3.8) is 0 Å². The van der Waals surface area contributed by atoms with Gasteiger partial charge in [0.15, 0.2) is 9.84 Å². The van der Waals surface area contributed by atoms with Gasteiger partial charge in [-0.05, 0) is 35.3 Å². The smallest absolute Gasteiger partial charge is 0.488 e. The van der Waals surface area contributed by atoms with Crippen molar-refractivity contribution in [2.45, 2.75) is 11.5 Å². The predicted octanol–water partition coefficient (Wildman–Crippen LogP) is 0.349. The molecule has 0 aliphatic heterocycles. The van der Waals surface area contributed by atoms with E-state index in [0.717, 1.165) is 11.8 Å². The summed E-state index contributed by atoms with van der Waals surface area (Å²) in [5, 5.41) is 18.0. The first-order valence-corrected chi connectivity index (χ1v) is 8.13. The van der Waals surface area contributed by atoms with Crippen LogP contribution >= 0.6 is 0 Å². The van der Waals surface area contributed by atoms with Crippen molar-refractivity contribution >= 4 is 22.4 Å². The van der Waals surface area contributed by atoms with E-state index in [1.807, 2.05) is 0 Å². The topological polar surface area (TPSA) is 83.8 Å². The van der Waals surface area contributed by atoms with E-state index < -0.39 is 17.0 Å². The normalized spacial score (nSPS) is 11.2. The summed E-state index contributed by atoms with van der Waals surface area (Å²) in [6.45, 7) is 0.306. The second-order valence-corrected chi connectivity index (χ2v) is 6.66. The summed E-state index contributed by atoms with van der Waals surface area (Å²) in [7, 11) is -4.69. The van der Waals surface area contributed by atoms with Gasteiger partial charge in [0.25, 0.3) is 0 Å². The van der Waals surface area contributed by atoms with E-state index in [-0.39, 0.29) is 4.90 Å². The lowest BCUT2D eigenvalue weighted by Gasteiger charge is -2.08. The Labute approximate surface area is 123 Å². The highest BCUT2D eigenvalue weighted by Gasteiger charge is 2.10. The zero-order valence-corrected chi connectivity index (χ0v) is 12.2. The molecule has 2 aromatic carbocycles. The molecular weight excluding hydrogens is 291 g/mol. The van der Waals surface area contributed by atoms with Gasteiger partial charge in [0.2, 0.25) is 0 Å². The Kier molecular flexibility index (Phi) is 4.67. The minimum atomic E-state index is -3.20. The van der Waals surface area contributed by atoms with Crippen LogP contribution in [0.1, 0.15) is 5.56 Å². The minimum Gasteiger partial charge on any atom is -0.489 e. The molecule has 2 N–H and O–H groups in total. The lowest BCUT2D eigenvalue weighted by Crippen LogP contribution is -2.29. The lowest BCUT2D eigenvalue weighted by atomic mass is 9.80. The second-order valence-electron chi connectivity index (χ2n) is 4.65. The average Bonchev–Trinajstić information content (AvgIpc) is 2.45. The van der Waals surface area contributed by atoms with Crippen molar-refractivity contribution in [2.75, 3.05) is 6.26 Å². The quantitative estimate of drug-likeness (QED) is 0.779. The van der Waals surface area contributed by atoms with Crippen molar-refractivity contribution in [1.29, 1.82) is 0 Å². The number of hydrogen-bond donors (Lipinski definition) is 2. The van der Waals surface area contributed by atoms with E-state index in [2.05, 4.69) is 0 Å². The molecule has 0 amide bonds. The largest absolute Gasteiger partial charge is 0.489 e. The van der Waals surface area contributed by atoms with Crippen molar-refractivity contribution in [2.24, 2.45) is 0 Å². The fourth-order valence-electron chi connectivity index (χ4n) is 1.74. The number of ether oxygens (including phenoxy) is 1. The number of benzene rings is 2. The molecule has 0 heterocycles. The Hall–Kier alpha value is -1.83. The summed E-state index contributed by atoms with van der Waals surface area (Å²) < 4.78 is 28.2. The van der Waals surface area contributed by atoms with Gasteiger partial charge in [-0.15, -0.1) is 0 Å². The molecule has 0 spiro atoms. The molecule has 2 rings (SSSR count). The Morgan fingerprint density at radius 2 is 1.57 bits per heavy atom. The van der Waals surface area contributed by atoms with Gasteiger partial charge in [-0.1, -0.05) is 24.3 Å². The SMILES string of the molecule is CS(=O)(=O)c1ccc(OCc2ccc(B(O)O)cc2)cc1. The predicted molar refractivity (Wildman–Crippen MR) is 80.2 cm³/mol. The van der Waals surface area contributed by atoms with E-state index in [0.29, 0.717) is 17.8 Å². The zero-order chi connectivity index (χ0) is 15.5. The summed E-state index contributed by atoms with van der Waals surface area (Å²) in [5.41, 5.74) is 1.28. The Morgan fingerprint density at radius 3 is 2.05 bits per heavy atom. The Bertz CT molecular complexity index is 693.